The summed E-state index contributed by atoms with van der Waals surface area (Å²) in [6.07, 6.45) is 0.372. The highest BCUT2D eigenvalue weighted by atomic mass is 32.2. The Morgan fingerprint density at radius 3 is 2.68 bits per heavy atom. The maximum atomic E-state index is 12.6. The molecule has 0 aliphatic rings. The lowest BCUT2D eigenvalue weighted by molar-refractivity contribution is -0.115. The SMILES string of the molecule is CCC(=O)Nc1nc2cc(NS(=O)(=O)c3ccccc3C)ccc2s1. The molecule has 1 heterocycles. The summed E-state index contributed by atoms with van der Waals surface area (Å²) in [4.78, 5) is 16.0. The zero-order valence-electron chi connectivity index (χ0n) is 13.7. The largest absolute Gasteiger partial charge is 0.302 e. The molecular weight excluding hydrogens is 358 g/mol. The van der Waals surface area contributed by atoms with Crippen LogP contribution in [0.5, 0.6) is 0 Å². The summed E-state index contributed by atoms with van der Waals surface area (Å²) in [5.41, 5.74) is 1.73. The number of anilines is 2. The fourth-order valence-corrected chi connectivity index (χ4v) is 4.48. The number of hydrogen-bond acceptors (Lipinski definition) is 5. The van der Waals surface area contributed by atoms with Gasteiger partial charge in [-0.3, -0.25) is 9.52 Å². The van der Waals surface area contributed by atoms with E-state index in [4.69, 9.17) is 0 Å². The van der Waals surface area contributed by atoms with E-state index in [1.54, 1.807) is 56.3 Å². The first-order chi connectivity index (χ1) is 11.9. The van der Waals surface area contributed by atoms with Crippen molar-refractivity contribution < 1.29 is 13.2 Å². The molecule has 25 heavy (non-hydrogen) atoms. The number of fused-ring (bicyclic) bond motifs is 1. The molecule has 0 spiro atoms. The molecule has 3 aromatic rings. The highest BCUT2D eigenvalue weighted by Crippen LogP contribution is 2.29. The Morgan fingerprint density at radius 1 is 1.20 bits per heavy atom. The molecule has 1 amide bonds. The van der Waals surface area contributed by atoms with Gasteiger partial charge in [-0.15, -0.1) is 0 Å². The fraction of sp³-hybridized carbons (Fsp3) is 0.176. The topological polar surface area (TPSA) is 88.2 Å². The smallest absolute Gasteiger partial charge is 0.262 e. The third-order valence-corrected chi connectivity index (χ3v) is 6.08. The molecule has 0 fully saturated rings. The molecule has 0 radical (unpaired) electrons. The standard InChI is InChI=1S/C17H17N3O3S2/c1-3-16(21)19-17-18-13-10-12(8-9-14(13)24-17)20-25(22,23)15-7-5-4-6-11(15)2/h4-10,20H,3H2,1-2H3,(H,18,19,21). The molecule has 2 aromatic carbocycles. The van der Waals surface area contributed by atoms with Crippen molar-refractivity contribution in [2.24, 2.45) is 0 Å². The average Bonchev–Trinajstić information content (AvgIpc) is 2.96. The van der Waals surface area contributed by atoms with Gasteiger partial charge in [0, 0.05) is 6.42 Å². The second-order valence-corrected chi connectivity index (χ2v) is 8.16. The number of amides is 1. The first-order valence-corrected chi connectivity index (χ1v) is 9.98. The molecule has 0 aliphatic carbocycles. The minimum Gasteiger partial charge on any atom is -0.302 e. The maximum absolute atomic E-state index is 12.6. The number of thiazole rings is 1. The molecular formula is C17H17N3O3S2. The average molecular weight is 375 g/mol. The van der Waals surface area contributed by atoms with E-state index < -0.39 is 10.0 Å². The number of hydrogen-bond donors (Lipinski definition) is 2. The molecule has 2 N–H and O–H groups in total. The Kier molecular flexibility index (Phi) is 4.73. The highest BCUT2D eigenvalue weighted by Gasteiger charge is 2.17. The van der Waals surface area contributed by atoms with Crippen molar-refractivity contribution in [1.82, 2.24) is 4.98 Å². The van der Waals surface area contributed by atoms with Crippen LogP contribution in [0.15, 0.2) is 47.4 Å². The van der Waals surface area contributed by atoms with Crippen molar-refractivity contribution >= 4 is 48.3 Å². The van der Waals surface area contributed by atoms with Crippen LogP contribution in [0.25, 0.3) is 10.2 Å². The van der Waals surface area contributed by atoms with Crippen molar-refractivity contribution in [3.05, 3.63) is 48.0 Å². The maximum Gasteiger partial charge on any atom is 0.262 e. The highest BCUT2D eigenvalue weighted by molar-refractivity contribution is 7.92. The predicted molar refractivity (Wildman–Crippen MR) is 101 cm³/mol. The van der Waals surface area contributed by atoms with Gasteiger partial charge in [0.2, 0.25) is 5.91 Å². The first kappa shape index (κ1) is 17.4. The minimum absolute atomic E-state index is 0.112. The number of nitrogens with zero attached hydrogens (tertiary/aromatic N) is 1. The number of aryl methyl sites for hydroxylation is 1. The zero-order valence-corrected chi connectivity index (χ0v) is 15.4. The predicted octanol–water partition coefficient (Wildman–Crippen LogP) is 3.75. The van der Waals surface area contributed by atoms with E-state index in [1.807, 2.05) is 0 Å². The normalized spacial score (nSPS) is 11.4. The fourth-order valence-electron chi connectivity index (χ4n) is 2.32. The number of carbonyl (C=O) groups is 1. The van der Waals surface area contributed by atoms with E-state index in [0.717, 1.165) is 4.70 Å². The number of nitrogens with one attached hydrogen (secondary N) is 2. The molecule has 0 aliphatic heterocycles. The summed E-state index contributed by atoms with van der Waals surface area (Å²) in [6.45, 7) is 3.52. The van der Waals surface area contributed by atoms with Crippen LogP contribution in [-0.2, 0) is 14.8 Å². The quantitative estimate of drug-likeness (QED) is 0.711. The number of benzene rings is 2. The molecule has 0 bridgehead atoms. The van der Waals surface area contributed by atoms with Crippen LogP contribution in [0.1, 0.15) is 18.9 Å². The van der Waals surface area contributed by atoms with E-state index in [-0.39, 0.29) is 10.8 Å². The summed E-state index contributed by atoms with van der Waals surface area (Å²) in [6, 6.07) is 11.9. The van der Waals surface area contributed by atoms with E-state index >= 15 is 0 Å². The van der Waals surface area contributed by atoms with Crippen molar-refractivity contribution in [3.8, 4) is 0 Å². The summed E-state index contributed by atoms with van der Waals surface area (Å²) in [5.74, 6) is -0.112. The Bertz CT molecular complexity index is 1040. The number of rotatable bonds is 5. The monoisotopic (exact) mass is 375 g/mol. The first-order valence-electron chi connectivity index (χ1n) is 7.68. The van der Waals surface area contributed by atoms with Gasteiger partial charge in [-0.2, -0.15) is 0 Å². The second kappa shape index (κ2) is 6.81. The van der Waals surface area contributed by atoms with Crippen molar-refractivity contribution in [3.63, 3.8) is 0 Å². The third kappa shape index (κ3) is 3.80. The van der Waals surface area contributed by atoms with E-state index in [2.05, 4.69) is 15.0 Å². The van der Waals surface area contributed by atoms with Crippen LogP contribution in [-0.4, -0.2) is 19.3 Å². The molecule has 8 heteroatoms. The molecule has 0 saturated heterocycles. The van der Waals surface area contributed by atoms with Gasteiger partial charge in [0.25, 0.3) is 10.0 Å². The Hall–Kier alpha value is -2.45. The van der Waals surface area contributed by atoms with Crippen LogP contribution < -0.4 is 10.0 Å². The molecule has 3 rings (SSSR count). The number of carbonyl (C=O) groups excluding carboxylic acids is 1. The van der Waals surface area contributed by atoms with Gasteiger partial charge < -0.3 is 5.32 Å². The van der Waals surface area contributed by atoms with Gasteiger partial charge >= 0.3 is 0 Å². The number of aromatic nitrogens is 1. The van der Waals surface area contributed by atoms with E-state index in [1.165, 1.54) is 11.3 Å². The summed E-state index contributed by atoms with van der Waals surface area (Å²) in [5, 5.41) is 3.21. The lowest BCUT2D eigenvalue weighted by atomic mass is 10.2. The van der Waals surface area contributed by atoms with Crippen LogP contribution in [0, 0.1) is 6.92 Å². The second-order valence-electron chi connectivity index (χ2n) is 5.47. The lowest BCUT2D eigenvalue weighted by Gasteiger charge is -2.10. The van der Waals surface area contributed by atoms with Gasteiger partial charge in [-0.1, -0.05) is 36.5 Å². The van der Waals surface area contributed by atoms with Crippen LogP contribution >= 0.6 is 11.3 Å². The number of sulfonamides is 1. The minimum atomic E-state index is -3.67. The lowest BCUT2D eigenvalue weighted by Crippen LogP contribution is -2.14. The van der Waals surface area contributed by atoms with Gasteiger partial charge in [-0.05, 0) is 36.8 Å². The summed E-state index contributed by atoms with van der Waals surface area (Å²) < 4.78 is 28.6. The Labute approximate surface area is 150 Å². The van der Waals surface area contributed by atoms with E-state index in [0.29, 0.717) is 28.3 Å². The molecule has 6 nitrogen and oxygen atoms in total. The van der Waals surface area contributed by atoms with Gasteiger partial charge in [0.1, 0.15) is 0 Å². The van der Waals surface area contributed by atoms with Gasteiger partial charge in [0.05, 0.1) is 20.8 Å². The molecule has 0 saturated carbocycles. The molecule has 1 aromatic heterocycles. The molecule has 0 atom stereocenters. The van der Waals surface area contributed by atoms with E-state index in [9.17, 15) is 13.2 Å². The summed E-state index contributed by atoms with van der Waals surface area (Å²) in [7, 11) is -3.67. The van der Waals surface area contributed by atoms with Crippen LogP contribution in [0.4, 0.5) is 10.8 Å². The Balaban J connectivity index is 1.89. The third-order valence-electron chi connectivity index (χ3n) is 3.59. The van der Waals surface area contributed by atoms with Gasteiger partial charge in [-0.25, -0.2) is 13.4 Å². The summed E-state index contributed by atoms with van der Waals surface area (Å²) >= 11 is 1.35. The van der Waals surface area contributed by atoms with Crippen molar-refractivity contribution in [1.29, 1.82) is 0 Å². The molecule has 0 unspecified atom stereocenters. The zero-order chi connectivity index (χ0) is 18.0. The molecule has 130 valence electrons. The Morgan fingerprint density at radius 2 is 1.96 bits per heavy atom. The van der Waals surface area contributed by atoms with Gasteiger partial charge in [0.15, 0.2) is 5.13 Å². The van der Waals surface area contributed by atoms with Crippen LogP contribution in [0.3, 0.4) is 0 Å². The van der Waals surface area contributed by atoms with Crippen molar-refractivity contribution in [2.45, 2.75) is 25.2 Å². The van der Waals surface area contributed by atoms with Crippen LogP contribution in [0.2, 0.25) is 0 Å². The van der Waals surface area contributed by atoms with Crippen molar-refractivity contribution in [2.75, 3.05) is 10.0 Å².